The van der Waals surface area contributed by atoms with Crippen molar-refractivity contribution in [3.05, 3.63) is 39.1 Å². The molecule has 0 N–H and O–H groups in total. The smallest absolute Gasteiger partial charge is 0.235 e. The Morgan fingerprint density at radius 3 is 2.59 bits per heavy atom. The number of aryl methyl sites for hydroxylation is 2. The molecule has 0 amide bonds. The molecule has 0 bridgehead atoms. The highest BCUT2D eigenvalue weighted by Gasteiger charge is 2.14. The molecule has 0 radical (unpaired) electrons. The molecule has 0 saturated carbocycles. The summed E-state index contributed by atoms with van der Waals surface area (Å²) in [7, 11) is 1.76. The van der Waals surface area contributed by atoms with Crippen molar-refractivity contribution in [3.8, 4) is 17.7 Å². The maximum absolute atomic E-state index is 9.05. The summed E-state index contributed by atoms with van der Waals surface area (Å²) < 4.78 is 8.39. The van der Waals surface area contributed by atoms with Crippen LogP contribution in [0.4, 0.5) is 0 Å². The third-order valence-corrected chi connectivity index (χ3v) is 3.03. The van der Waals surface area contributed by atoms with Gasteiger partial charge in [-0.3, -0.25) is 0 Å². The molecule has 1 aromatic carbocycles. The summed E-state index contributed by atoms with van der Waals surface area (Å²) in [6.45, 7) is 1.79. The lowest BCUT2D eigenvalue weighted by molar-refractivity contribution is 0.429. The number of hydrogen-bond donors (Lipinski definition) is 0. The van der Waals surface area contributed by atoms with Gasteiger partial charge in [-0.2, -0.15) is 10.4 Å². The monoisotopic (exact) mass is 339 g/mol. The fourth-order valence-corrected chi connectivity index (χ4v) is 1.86. The molecule has 5 heteroatoms. The molecule has 0 aliphatic heterocycles. The van der Waals surface area contributed by atoms with Gasteiger partial charge >= 0.3 is 0 Å². The summed E-state index contributed by atoms with van der Waals surface area (Å²) in [6.07, 6.45) is 0. The maximum atomic E-state index is 9.05. The molecule has 0 unspecified atom stereocenters. The largest absolute Gasteiger partial charge is 0.438 e. The highest BCUT2D eigenvalue weighted by molar-refractivity contribution is 14.1. The van der Waals surface area contributed by atoms with Crippen LogP contribution in [0.2, 0.25) is 0 Å². The van der Waals surface area contributed by atoms with E-state index in [2.05, 4.69) is 33.8 Å². The Morgan fingerprint density at radius 2 is 2.00 bits per heavy atom. The fourth-order valence-electron chi connectivity index (χ4n) is 1.50. The van der Waals surface area contributed by atoms with Crippen LogP contribution in [0.15, 0.2) is 24.3 Å². The van der Waals surface area contributed by atoms with Crippen molar-refractivity contribution in [2.24, 2.45) is 7.05 Å². The molecule has 2 rings (SSSR count). The van der Waals surface area contributed by atoms with Crippen molar-refractivity contribution < 1.29 is 4.74 Å². The maximum Gasteiger partial charge on any atom is 0.235 e. The van der Waals surface area contributed by atoms with Crippen LogP contribution in [0.3, 0.4) is 0 Å². The zero-order valence-corrected chi connectivity index (χ0v) is 11.6. The van der Waals surface area contributed by atoms with Crippen LogP contribution >= 0.6 is 22.6 Å². The number of aromatic nitrogens is 2. The van der Waals surface area contributed by atoms with Crippen LogP contribution in [-0.2, 0) is 7.05 Å². The topological polar surface area (TPSA) is 50.8 Å². The van der Waals surface area contributed by atoms with E-state index >= 15 is 0 Å². The number of ether oxygens (including phenoxy) is 1. The van der Waals surface area contributed by atoms with Gasteiger partial charge in [-0.05, 0) is 53.8 Å². The molecule has 0 fully saturated rings. The lowest BCUT2D eigenvalue weighted by Crippen LogP contribution is -1.96. The van der Waals surface area contributed by atoms with Gasteiger partial charge in [-0.1, -0.05) is 0 Å². The summed E-state index contributed by atoms with van der Waals surface area (Å²) in [4.78, 5) is 0. The summed E-state index contributed by atoms with van der Waals surface area (Å²) in [6, 6.07) is 9.74. The second-order valence-corrected chi connectivity index (χ2v) is 4.80. The van der Waals surface area contributed by atoms with E-state index < -0.39 is 0 Å². The van der Waals surface area contributed by atoms with Gasteiger partial charge in [-0.15, -0.1) is 0 Å². The van der Waals surface area contributed by atoms with E-state index in [1.165, 1.54) is 0 Å². The Balaban J connectivity index is 2.36. The third kappa shape index (κ3) is 2.42. The highest BCUT2D eigenvalue weighted by Crippen LogP contribution is 2.26. The van der Waals surface area contributed by atoms with E-state index in [4.69, 9.17) is 10.00 Å². The van der Waals surface area contributed by atoms with Crippen LogP contribution in [0.25, 0.3) is 0 Å². The summed E-state index contributed by atoms with van der Waals surface area (Å²) >= 11 is 2.23. The van der Waals surface area contributed by atoms with Crippen molar-refractivity contribution in [2.75, 3.05) is 0 Å². The standard InChI is InChI=1S/C12H10IN3O/c1-8-11(7-14)12(16(2)15-8)17-10-5-3-9(13)4-6-10/h3-6H,1-2H3. The predicted molar refractivity (Wildman–Crippen MR) is 71.9 cm³/mol. The van der Waals surface area contributed by atoms with Crippen molar-refractivity contribution in [2.45, 2.75) is 6.92 Å². The van der Waals surface area contributed by atoms with E-state index in [1.807, 2.05) is 24.3 Å². The lowest BCUT2D eigenvalue weighted by atomic mass is 10.3. The van der Waals surface area contributed by atoms with Crippen LogP contribution in [0.5, 0.6) is 11.6 Å². The number of nitriles is 1. The normalized spacial score (nSPS) is 10.0. The van der Waals surface area contributed by atoms with Gasteiger partial charge in [0.15, 0.2) is 0 Å². The SMILES string of the molecule is Cc1nn(C)c(Oc2ccc(I)cc2)c1C#N. The molecule has 0 atom stereocenters. The summed E-state index contributed by atoms with van der Waals surface area (Å²) in [5.41, 5.74) is 1.15. The average molecular weight is 339 g/mol. The first-order chi connectivity index (χ1) is 8.11. The van der Waals surface area contributed by atoms with Gasteiger partial charge in [0.25, 0.3) is 0 Å². The molecule has 1 heterocycles. The van der Waals surface area contributed by atoms with Gasteiger partial charge in [0.05, 0.1) is 5.69 Å². The Morgan fingerprint density at radius 1 is 1.35 bits per heavy atom. The molecule has 1 aromatic heterocycles. The van der Waals surface area contributed by atoms with E-state index in [-0.39, 0.29) is 0 Å². The zero-order chi connectivity index (χ0) is 12.4. The van der Waals surface area contributed by atoms with Gasteiger partial charge in [0.1, 0.15) is 17.4 Å². The van der Waals surface area contributed by atoms with Gasteiger partial charge in [-0.25, -0.2) is 4.68 Å². The quantitative estimate of drug-likeness (QED) is 0.791. The van der Waals surface area contributed by atoms with Gasteiger partial charge < -0.3 is 4.74 Å². The van der Waals surface area contributed by atoms with Crippen LogP contribution in [-0.4, -0.2) is 9.78 Å². The van der Waals surface area contributed by atoms with Crippen molar-refractivity contribution in [3.63, 3.8) is 0 Å². The zero-order valence-electron chi connectivity index (χ0n) is 9.44. The Hall–Kier alpha value is -1.55. The molecular formula is C12H10IN3O. The Bertz CT molecular complexity index is 581. The molecule has 2 aromatic rings. The first-order valence-corrected chi connectivity index (χ1v) is 6.07. The number of benzene rings is 1. The van der Waals surface area contributed by atoms with E-state index in [1.54, 1.807) is 18.7 Å². The average Bonchev–Trinajstić information content (AvgIpc) is 2.57. The molecule has 17 heavy (non-hydrogen) atoms. The number of rotatable bonds is 2. The molecule has 86 valence electrons. The summed E-state index contributed by atoms with van der Waals surface area (Å²) in [5, 5.41) is 13.2. The first kappa shape index (κ1) is 11.9. The molecule has 0 spiro atoms. The van der Waals surface area contributed by atoms with Crippen LogP contribution < -0.4 is 4.74 Å². The first-order valence-electron chi connectivity index (χ1n) is 4.99. The van der Waals surface area contributed by atoms with Gasteiger partial charge in [0.2, 0.25) is 5.88 Å². The Labute approximate surface area is 113 Å². The van der Waals surface area contributed by atoms with Crippen molar-refractivity contribution >= 4 is 22.6 Å². The number of hydrogen-bond acceptors (Lipinski definition) is 3. The molecule has 0 aliphatic carbocycles. The summed E-state index contributed by atoms with van der Waals surface area (Å²) in [5.74, 6) is 1.18. The van der Waals surface area contributed by atoms with Gasteiger partial charge in [0, 0.05) is 10.6 Å². The molecular weight excluding hydrogens is 329 g/mol. The van der Waals surface area contributed by atoms with Crippen molar-refractivity contribution in [1.82, 2.24) is 9.78 Å². The van der Waals surface area contributed by atoms with E-state index in [0.29, 0.717) is 22.9 Å². The molecule has 0 saturated heterocycles. The second-order valence-electron chi connectivity index (χ2n) is 3.56. The third-order valence-electron chi connectivity index (χ3n) is 2.31. The fraction of sp³-hybridized carbons (Fsp3) is 0.167. The molecule has 4 nitrogen and oxygen atoms in total. The minimum absolute atomic E-state index is 0.478. The van der Waals surface area contributed by atoms with Crippen LogP contribution in [0, 0.1) is 21.8 Å². The minimum atomic E-state index is 0.478. The lowest BCUT2D eigenvalue weighted by Gasteiger charge is -2.05. The Kier molecular flexibility index (Phi) is 3.33. The van der Waals surface area contributed by atoms with E-state index in [9.17, 15) is 0 Å². The van der Waals surface area contributed by atoms with Crippen molar-refractivity contribution in [1.29, 1.82) is 5.26 Å². The number of nitrogens with zero attached hydrogens (tertiary/aromatic N) is 3. The van der Waals surface area contributed by atoms with Crippen LogP contribution in [0.1, 0.15) is 11.3 Å². The number of halogens is 1. The molecule has 0 aliphatic rings. The highest BCUT2D eigenvalue weighted by atomic mass is 127. The minimum Gasteiger partial charge on any atom is -0.438 e. The second kappa shape index (κ2) is 4.75. The van der Waals surface area contributed by atoms with E-state index in [0.717, 1.165) is 3.57 Å². The predicted octanol–water partition coefficient (Wildman–Crippen LogP) is 3.00.